The molecule has 3 fully saturated rings. The normalized spacial score (nSPS) is 31.8. The summed E-state index contributed by atoms with van der Waals surface area (Å²) < 4.78 is 0. The van der Waals surface area contributed by atoms with E-state index in [1.54, 1.807) is 0 Å². The number of carbonyl (C=O) groups excluding carboxylic acids is 1. The first-order valence-corrected chi connectivity index (χ1v) is 7.43. The zero-order chi connectivity index (χ0) is 12.6. The Morgan fingerprint density at radius 1 is 1.16 bits per heavy atom. The molecule has 3 heterocycles. The van der Waals surface area contributed by atoms with Gasteiger partial charge in [0.2, 0.25) is 0 Å². The molecule has 1 spiro atoms. The van der Waals surface area contributed by atoms with Gasteiger partial charge >= 0.3 is 6.03 Å². The number of piperidine rings is 1. The van der Waals surface area contributed by atoms with Gasteiger partial charge in [0.15, 0.2) is 0 Å². The lowest BCUT2D eigenvalue weighted by Crippen LogP contribution is -2.46. The summed E-state index contributed by atoms with van der Waals surface area (Å²) in [5.41, 5.74) is 0.402. The van der Waals surface area contributed by atoms with Crippen molar-refractivity contribution >= 4 is 18.4 Å². The first-order valence-electron chi connectivity index (χ1n) is 7.43. The summed E-state index contributed by atoms with van der Waals surface area (Å²) in [6.07, 6.45) is 4.78. The van der Waals surface area contributed by atoms with Gasteiger partial charge in [0.05, 0.1) is 0 Å². The second kappa shape index (κ2) is 5.88. The van der Waals surface area contributed by atoms with Crippen LogP contribution in [0.1, 0.15) is 32.6 Å². The molecular formula is C14H26ClN3O. The molecule has 0 radical (unpaired) electrons. The van der Waals surface area contributed by atoms with E-state index in [4.69, 9.17) is 0 Å². The van der Waals surface area contributed by atoms with Crippen molar-refractivity contribution in [1.82, 2.24) is 15.1 Å². The van der Waals surface area contributed by atoms with E-state index in [0.717, 1.165) is 45.2 Å². The van der Waals surface area contributed by atoms with Crippen LogP contribution in [0.15, 0.2) is 0 Å². The first-order chi connectivity index (χ1) is 8.69. The molecule has 5 heteroatoms. The molecule has 1 unspecified atom stereocenters. The summed E-state index contributed by atoms with van der Waals surface area (Å²) in [6.45, 7) is 8.38. The topological polar surface area (TPSA) is 35.6 Å². The summed E-state index contributed by atoms with van der Waals surface area (Å²) in [6, 6.07) is 0.297. The minimum atomic E-state index is 0. The van der Waals surface area contributed by atoms with Crippen molar-refractivity contribution in [3.63, 3.8) is 0 Å². The van der Waals surface area contributed by atoms with E-state index in [0.29, 0.717) is 11.4 Å². The van der Waals surface area contributed by atoms with Crippen LogP contribution in [0.2, 0.25) is 0 Å². The summed E-state index contributed by atoms with van der Waals surface area (Å²) >= 11 is 0. The Bertz CT molecular complexity index is 323. The number of rotatable bonds is 0. The van der Waals surface area contributed by atoms with Gasteiger partial charge in [-0.15, -0.1) is 12.4 Å². The predicted molar refractivity (Wildman–Crippen MR) is 78.7 cm³/mol. The van der Waals surface area contributed by atoms with Gasteiger partial charge in [-0.3, -0.25) is 0 Å². The maximum atomic E-state index is 12.5. The molecule has 0 aromatic rings. The molecule has 0 aromatic heterocycles. The Labute approximate surface area is 122 Å². The second-order valence-corrected chi connectivity index (χ2v) is 6.55. The van der Waals surface area contributed by atoms with Crippen LogP contribution in [-0.2, 0) is 0 Å². The van der Waals surface area contributed by atoms with Crippen molar-refractivity contribution in [2.45, 2.75) is 32.6 Å². The van der Waals surface area contributed by atoms with Crippen LogP contribution >= 0.6 is 12.4 Å². The highest BCUT2D eigenvalue weighted by Crippen LogP contribution is 2.36. The molecular weight excluding hydrogens is 262 g/mol. The molecule has 3 aliphatic heterocycles. The third kappa shape index (κ3) is 3.00. The third-order valence-electron chi connectivity index (χ3n) is 5.10. The highest BCUT2D eigenvalue weighted by molar-refractivity contribution is 5.85. The fourth-order valence-corrected chi connectivity index (χ4v) is 3.64. The lowest BCUT2D eigenvalue weighted by Gasteiger charge is -2.34. The van der Waals surface area contributed by atoms with Gasteiger partial charge in [-0.25, -0.2) is 4.79 Å². The Kier molecular flexibility index (Phi) is 4.62. The van der Waals surface area contributed by atoms with Gasteiger partial charge in [0.1, 0.15) is 0 Å². The number of carbonyl (C=O) groups is 1. The van der Waals surface area contributed by atoms with Crippen LogP contribution < -0.4 is 5.32 Å². The van der Waals surface area contributed by atoms with Crippen LogP contribution in [0.25, 0.3) is 0 Å². The van der Waals surface area contributed by atoms with Crippen molar-refractivity contribution in [1.29, 1.82) is 0 Å². The molecule has 110 valence electrons. The zero-order valence-electron chi connectivity index (χ0n) is 11.9. The SMILES string of the molecule is CC1CCN(C(=O)N2CCC3(CCNC3)C2)CC1.Cl. The Morgan fingerprint density at radius 3 is 2.53 bits per heavy atom. The van der Waals surface area contributed by atoms with E-state index < -0.39 is 0 Å². The van der Waals surface area contributed by atoms with Gasteiger partial charge in [-0.05, 0) is 38.1 Å². The monoisotopic (exact) mass is 287 g/mol. The van der Waals surface area contributed by atoms with E-state index in [9.17, 15) is 4.79 Å². The number of nitrogens with one attached hydrogen (secondary N) is 1. The van der Waals surface area contributed by atoms with Crippen LogP contribution in [0.4, 0.5) is 4.79 Å². The molecule has 19 heavy (non-hydrogen) atoms. The number of nitrogens with zero attached hydrogens (tertiary/aromatic N) is 2. The quantitative estimate of drug-likeness (QED) is 0.739. The number of likely N-dealkylation sites (tertiary alicyclic amines) is 2. The molecule has 0 aromatic carbocycles. The van der Waals surface area contributed by atoms with Crippen LogP contribution in [0, 0.1) is 11.3 Å². The molecule has 3 saturated heterocycles. The summed E-state index contributed by atoms with van der Waals surface area (Å²) in [7, 11) is 0. The van der Waals surface area contributed by atoms with Crippen LogP contribution in [-0.4, -0.2) is 55.1 Å². The molecule has 2 amide bonds. The van der Waals surface area contributed by atoms with Gasteiger partial charge in [-0.1, -0.05) is 6.92 Å². The second-order valence-electron chi connectivity index (χ2n) is 6.55. The van der Waals surface area contributed by atoms with Gasteiger partial charge in [-0.2, -0.15) is 0 Å². The van der Waals surface area contributed by atoms with Gasteiger partial charge < -0.3 is 15.1 Å². The van der Waals surface area contributed by atoms with E-state index >= 15 is 0 Å². The molecule has 1 atom stereocenters. The van der Waals surface area contributed by atoms with E-state index in [2.05, 4.69) is 22.0 Å². The van der Waals surface area contributed by atoms with E-state index in [1.165, 1.54) is 25.7 Å². The first kappa shape index (κ1) is 14.9. The largest absolute Gasteiger partial charge is 0.325 e. The maximum absolute atomic E-state index is 12.5. The van der Waals surface area contributed by atoms with E-state index in [1.807, 2.05) is 0 Å². The maximum Gasteiger partial charge on any atom is 0.320 e. The molecule has 0 aliphatic carbocycles. The van der Waals surface area contributed by atoms with Gasteiger partial charge in [0.25, 0.3) is 0 Å². The number of halogens is 1. The van der Waals surface area contributed by atoms with Crippen molar-refractivity contribution in [3.8, 4) is 0 Å². The summed E-state index contributed by atoms with van der Waals surface area (Å²) in [5.74, 6) is 0.790. The predicted octanol–water partition coefficient (Wildman–Crippen LogP) is 1.95. The zero-order valence-corrected chi connectivity index (χ0v) is 12.7. The fraction of sp³-hybridized carbons (Fsp3) is 0.929. The third-order valence-corrected chi connectivity index (χ3v) is 5.10. The van der Waals surface area contributed by atoms with Crippen LogP contribution in [0.3, 0.4) is 0 Å². The average molecular weight is 288 g/mol. The standard InChI is InChI=1S/C14H25N3O.ClH/c1-12-2-7-16(8-3-12)13(18)17-9-5-14(11-17)4-6-15-10-14;/h12,15H,2-11H2,1H3;1H. The number of amides is 2. The van der Waals surface area contributed by atoms with Crippen molar-refractivity contribution in [3.05, 3.63) is 0 Å². The molecule has 3 rings (SSSR count). The van der Waals surface area contributed by atoms with Crippen molar-refractivity contribution in [2.24, 2.45) is 11.3 Å². The molecule has 0 bridgehead atoms. The Morgan fingerprint density at radius 2 is 1.89 bits per heavy atom. The van der Waals surface area contributed by atoms with E-state index in [-0.39, 0.29) is 12.4 Å². The highest BCUT2D eigenvalue weighted by Gasteiger charge is 2.42. The van der Waals surface area contributed by atoms with Crippen LogP contribution in [0.5, 0.6) is 0 Å². The highest BCUT2D eigenvalue weighted by atomic mass is 35.5. The number of hydrogen-bond donors (Lipinski definition) is 1. The summed E-state index contributed by atoms with van der Waals surface area (Å²) in [4.78, 5) is 16.6. The van der Waals surface area contributed by atoms with Crippen molar-refractivity contribution in [2.75, 3.05) is 39.3 Å². The molecule has 0 saturated carbocycles. The molecule has 3 aliphatic rings. The average Bonchev–Trinajstić information content (AvgIpc) is 3.01. The number of hydrogen-bond acceptors (Lipinski definition) is 2. The smallest absolute Gasteiger partial charge is 0.320 e. The Hall–Kier alpha value is -0.480. The van der Waals surface area contributed by atoms with Gasteiger partial charge in [0, 0.05) is 38.1 Å². The number of urea groups is 1. The minimum absolute atomic E-state index is 0. The van der Waals surface area contributed by atoms with Crippen molar-refractivity contribution < 1.29 is 4.79 Å². The fourth-order valence-electron chi connectivity index (χ4n) is 3.64. The minimum Gasteiger partial charge on any atom is -0.325 e. The lowest BCUT2D eigenvalue weighted by atomic mass is 9.87. The molecule has 1 N–H and O–H groups in total. The lowest BCUT2D eigenvalue weighted by molar-refractivity contribution is 0.138. The summed E-state index contributed by atoms with van der Waals surface area (Å²) in [5, 5.41) is 3.45. The molecule has 4 nitrogen and oxygen atoms in total. The Balaban J connectivity index is 0.00000133.